The van der Waals surface area contributed by atoms with E-state index in [0.717, 1.165) is 32.1 Å². The number of hydrogen-bond acceptors (Lipinski definition) is 5. The summed E-state index contributed by atoms with van der Waals surface area (Å²) in [7, 11) is 0. The molecule has 0 aromatic rings. The zero-order valence-electron chi connectivity index (χ0n) is 12.3. The third-order valence-corrected chi connectivity index (χ3v) is 2.89. The summed E-state index contributed by atoms with van der Waals surface area (Å²) in [6.45, 7) is 3.99. The molecule has 0 aromatic carbocycles. The van der Waals surface area contributed by atoms with Crippen molar-refractivity contribution < 1.29 is 24.8 Å². The third kappa shape index (κ3) is 11.3. The molecule has 116 valence electrons. The van der Waals surface area contributed by atoms with Crippen molar-refractivity contribution in [1.29, 1.82) is 0 Å². The Kier molecular flexibility index (Phi) is 12.7. The Balaban J connectivity index is 3.73. The fourth-order valence-corrected chi connectivity index (χ4v) is 1.67. The van der Waals surface area contributed by atoms with Crippen molar-refractivity contribution >= 4 is 0 Å². The number of rotatable bonds is 13. The molecule has 0 radical (unpaired) electrons. The predicted molar refractivity (Wildman–Crippen MR) is 73.6 cm³/mol. The molecule has 0 rings (SSSR count). The fourth-order valence-electron chi connectivity index (χ4n) is 1.67. The lowest BCUT2D eigenvalue weighted by molar-refractivity contribution is -0.191. The van der Waals surface area contributed by atoms with Crippen LogP contribution in [0.3, 0.4) is 0 Å². The molecular formula is C14H30O5. The first-order valence-corrected chi connectivity index (χ1v) is 7.38. The van der Waals surface area contributed by atoms with Crippen molar-refractivity contribution in [3.05, 3.63) is 0 Å². The minimum atomic E-state index is -0.877. The maximum Gasteiger partial charge on any atom is 0.155 e. The van der Waals surface area contributed by atoms with E-state index in [1.54, 1.807) is 0 Å². The Hall–Kier alpha value is -0.200. The predicted octanol–water partition coefficient (Wildman–Crippen LogP) is 1.79. The second-order valence-electron chi connectivity index (χ2n) is 4.82. The number of ether oxygens (including phenoxy) is 2. The quantitative estimate of drug-likeness (QED) is 0.353. The number of hydrogen-bond donors (Lipinski definition) is 3. The maximum atomic E-state index is 9.57. The van der Waals surface area contributed by atoms with Crippen LogP contribution >= 0.6 is 0 Å². The molecule has 3 unspecified atom stereocenters. The van der Waals surface area contributed by atoms with Gasteiger partial charge in [-0.15, -0.1) is 0 Å². The standard InChI is InChI=1S/C14H30O5/c1-3-5-7-9-13(16)18-11-12(10-15)19-14(17)8-6-4-2/h12-17H,3-11H2,1-2H3. The summed E-state index contributed by atoms with van der Waals surface area (Å²) in [5.41, 5.74) is 0. The Bertz CT molecular complexity index is 189. The zero-order chi connectivity index (χ0) is 14.5. The van der Waals surface area contributed by atoms with Gasteiger partial charge in [-0.05, 0) is 25.7 Å². The summed E-state index contributed by atoms with van der Waals surface area (Å²) in [5, 5.41) is 28.3. The molecule has 0 aromatic heterocycles. The minimum Gasteiger partial charge on any atom is -0.394 e. The highest BCUT2D eigenvalue weighted by Gasteiger charge is 2.15. The van der Waals surface area contributed by atoms with E-state index in [4.69, 9.17) is 14.6 Å². The first-order chi connectivity index (χ1) is 9.13. The van der Waals surface area contributed by atoms with Gasteiger partial charge in [0.05, 0.1) is 13.2 Å². The molecule has 0 saturated carbocycles. The van der Waals surface area contributed by atoms with Gasteiger partial charge in [0, 0.05) is 0 Å². The van der Waals surface area contributed by atoms with E-state index in [2.05, 4.69) is 6.92 Å². The maximum absolute atomic E-state index is 9.57. The summed E-state index contributed by atoms with van der Waals surface area (Å²) in [4.78, 5) is 0. The molecule has 5 heteroatoms. The topological polar surface area (TPSA) is 79.2 Å². The second kappa shape index (κ2) is 12.8. The molecule has 19 heavy (non-hydrogen) atoms. The van der Waals surface area contributed by atoms with Crippen molar-refractivity contribution in [1.82, 2.24) is 0 Å². The molecule has 3 N–H and O–H groups in total. The number of unbranched alkanes of at least 4 members (excludes halogenated alkanes) is 3. The van der Waals surface area contributed by atoms with Gasteiger partial charge in [-0.3, -0.25) is 0 Å². The molecule has 0 fully saturated rings. The molecule has 0 aliphatic rings. The van der Waals surface area contributed by atoms with Gasteiger partial charge >= 0.3 is 0 Å². The molecule has 0 heterocycles. The van der Waals surface area contributed by atoms with Crippen LogP contribution in [0, 0.1) is 0 Å². The van der Waals surface area contributed by atoms with Crippen LogP contribution in [0.4, 0.5) is 0 Å². The van der Waals surface area contributed by atoms with Crippen molar-refractivity contribution in [2.75, 3.05) is 13.2 Å². The lowest BCUT2D eigenvalue weighted by Crippen LogP contribution is -2.31. The lowest BCUT2D eigenvalue weighted by atomic mass is 10.2. The van der Waals surface area contributed by atoms with E-state index in [-0.39, 0.29) is 13.2 Å². The highest BCUT2D eigenvalue weighted by atomic mass is 16.6. The van der Waals surface area contributed by atoms with Crippen LogP contribution in [0.15, 0.2) is 0 Å². The van der Waals surface area contributed by atoms with Crippen LogP contribution in [0.25, 0.3) is 0 Å². The van der Waals surface area contributed by atoms with Gasteiger partial charge in [-0.25, -0.2) is 0 Å². The average molecular weight is 278 g/mol. The molecule has 0 aliphatic heterocycles. The smallest absolute Gasteiger partial charge is 0.155 e. The number of aliphatic hydroxyl groups excluding tert-OH is 3. The molecule has 5 nitrogen and oxygen atoms in total. The monoisotopic (exact) mass is 278 g/mol. The SMILES string of the molecule is CCCCCC(O)OCC(CO)OC(O)CCCC. The van der Waals surface area contributed by atoms with E-state index in [0.29, 0.717) is 12.8 Å². The Labute approximate surface area is 116 Å². The van der Waals surface area contributed by atoms with E-state index < -0.39 is 18.7 Å². The fraction of sp³-hybridized carbons (Fsp3) is 1.00. The highest BCUT2D eigenvalue weighted by Crippen LogP contribution is 2.08. The Morgan fingerprint density at radius 2 is 1.53 bits per heavy atom. The van der Waals surface area contributed by atoms with E-state index in [1.807, 2.05) is 6.92 Å². The molecule has 0 spiro atoms. The third-order valence-electron chi connectivity index (χ3n) is 2.89. The van der Waals surface area contributed by atoms with Gasteiger partial charge in [0.25, 0.3) is 0 Å². The molecule has 0 amide bonds. The van der Waals surface area contributed by atoms with E-state index in [9.17, 15) is 10.2 Å². The van der Waals surface area contributed by atoms with E-state index >= 15 is 0 Å². The Morgan fingerprint density at radius 1 is 0.895 bits per heavy atom. The van der Waals surface area contributed by atoms with Crippen molar-refractivity contribution in [3.63, 3.8) is 0 Å². The molecule has 0 bridgehead atoms. The van der Waals surface area contributed by atoms with Crippen molar-refractivity contribution in [2.45, 2.75) is 77.5 Å². The van der Waals surface area contributed by atoms with Gasteiger partial charge < -0.3 is 24.8 Å². The van der Waals surface area contributed by atoms with Gasteiger partial charge in [0.1, 0.15) is 6.10 Å². The van der Waals surface area contributed by atoms with Crippen LogP contribution < -0.4 is 0 Å². The summed E-state index contributed by atoms with van der Waals surface area (Å²) in [6.07, 6.45) is 3.78. The molecule has 3 atom stereocenters. The van der Waals surface area contributed by atoms with Crippen LogP contribution in [-0.4, -0.2) is 47.2 Å². The van der Waals surface area contributed by atoms with Gasteiger partial charge in [0.2, 0.25) is 0 Å². The first kappa shape index (κ1) is 18.8. The van der Waals surface area contributed by atoms with E-state index in [1.165, 1.54) is 0 Å². The Morgan fingerprint density at radius 3 is 2.11 bits per heavy atom. The summed E-state index contributed by atoms with van der Waals surface area (Å²) >= 11 is 0. The average Bonchev–Trinajstić information content (AvgIpc) is 2.41. The molecule has 0 aliphatic carbocycles. The van der Waals surface area contributed by atoms with Gasteiger partial charge in [-0.1, -0.05) is 33.1 Å². The minimum absolute atomic E-state index is 0.0903. The number of aliphatic hydroxyl groups is 3. The first-order valence-electron chi connectivity index (χ1n) is 7.38. The second-order valence-corrected chi connectivity index (χ2v) is 4.82. The lowest BCUT2D eigenvalue weighted by Gasteiger charge is -2.21. The van der Waals surface area contributed by atoms with Crippen LogP contribution in [0.1, 0.15) is 58.8 Å². The summed E-state index contributed by atoms with van der Waals surface area (Å²) in [6, 6.07) is 0. The summed E-state index contributed by atoms with van der Waals surface area (Å²) < 4.78 is 10.5. The normalized spacial score (nSPS) is 16.3. The van der Waals surface area contributed by atoms with Gasteiger partial charge in [-0.2, -0.15) is 0 Å². The van der Waals surface area contributed by atoms with Crippen molar-refractivity contribution in [3.8, 4) is 0 Å². The van der Waals surface area contributed by atoms with Crippen LogP contribution in [-0.2, 0) is 9.47 Å². The highest BCUT2D eigenvalue weighted by molar-refractivity contribution is 4.57. The zero-order valence-corrected chi connectivity index (χ0v) is 12.3. The largest absolute Gasteiger partial charge is 0.394 e. The van der Waals surface area contributed by atoms with Crippen LogP contribution in [0.5, 0.6) is 0 Å². The van der Waals surface area contributed by atoms with Crippen molar-refractivity contribution in [2.24, 2.45) is 0 Å². The molecular weight excluding hydrogens is 248 g/mol. The van der Waals surface area contributed by atoms with Crippen LogP contribution in [0.2, 0.25) is 0 Å². The van der Waals surface area contributed by atoms with Gasteiger partial charge in [0.15, 0.2) is 12.6 Å². The summed E-state index contributed by atoms with van der Waals surface area (Å²) in [5.74, 6) is 0. The molecule has 0 saturated heterocycles.